The molecule has 1 atom stereocenters. The van der Waals surface area contributed by atoms with Crippen LogP contribution in [0.1, 0.15) is 31.1 Å². The van der Waals surface area contributed by atoms with Crippen molar-refractivity contribution in [1.29, 1.82) is 0 Å². The lowest BCUT2D eigenvalue weighted by Gasteiger charge is -2.22. The minimum Gasteiger partial charge on any atom is -0.384 e. The van der Waals surface area contributed by atoms with Crippen LogP contribution in [0.15, 0.2) is 12.3 Å². The molecule has 1 aromatic rings. The number of carbonyl (C=O) groups excluding carboxylic acids is 1. The first-order valence-corrected chi connectivity index (χ1v) is 6.63. The van der Waals surface area contributed by atoms with Crippen LogP contribution in [-0.2, 0) is 4.74 Å². The quantitative estimate of drug-likeness (QED) is 0.839. The number of anilines is 1. The summed E-state index contributed by atoms with van der Waals surface area (Å²) >= 11 is 5.95. The zero-order valence-corrected chi connectivity index (χ0v) is 12.2. The van der Waals surface area contributed by atoms with Gasteiger partial charge in [0.1, 0.15) is 5.82 Å². The van der Waals surface area contributed by atoms with E-state index < -0.39 is 0 Å². The van der Waals surface area contributed by atoms with E-state index in [1.54, 1.807) is 0 Å². The van der Waals surface area contributed by atoms with Crippen molar-refractivity contribution >= 4 is 23.3 Å². The standard InChI is InChI=1S/C13H20ClN3O2/c1-4-19-7-11(8(2)3)17-13(18)9-5-12(15)16-6-10(9)14/h5-6,8,11H,4,7H2,1-3H3,(H2,15,16)(H,17,18). The highest BCUT2D eigenvalue weighted by Crippen LogP contribution is 2.17. The smallest absolute Gasteiger partial charge is 0.253 e. The number of nitrogens with two attached hydrogens (primary N) is 1. The molecule has 0 aliphatic carbocycles. The molecule has 0 fully saturated rings. The van der Waals surface area contributed by atoms with Gasteiger partial charge in [-0.05, 0) is 18.9 Å². The summed E-state index contributed by atoms with van der Waals surface area (Å²) in [4.78, 5) is 16.0. The van der Waals surface area contributed by atoms with E-state index >= 15 is 0 Å². The number of ether oxygens (including phenoxy) is 1. The lowest BCUT2D eigenvalue weighted by molar-refractivity contribution is 0.0806. The number of hydrogen-bond donors (Lipinski definition) is 2. The molecule has 0 bridgehead atoms. The Labute approximate surface area is 118 Å². The van der Waals surface area contributed by atoms with Crippen LogP contribution in [0.2, 0.25) is 5.02 Å². The van der Waals surface area contributed by atoms with Gasteiger partial charge in [0.25, 0.3) is 5.91 Å². The molecule has 1 aromatic heterocycles. The molecule has 0 saturated heterocycles. The minimum absolute atomic E-state index is 0.0714. The van der Waals surface area contributed by atoms with E-state index in [4.69, 9.17) is 22.1 Å². The van der Waals surface area contributed by atoms with Crippen LogP contribution in [0, 0.1) is 5.92 Å². The number of carbonyl (C=O) groups is 1. The average molecular weight is 286 g/mol. The van der Waals surface area contributed by atoms with Crippen LogP contribution in [0.4, 0.5) is 5.82 Å². The zero-order chi connectivity index (χ0) is 14.4. The Morgan fingerprint density at radius 1 is 1.58 bits per heavy atom. The maximum Gasteiger partial charge on any atom is 0.253 e. The van der Waals surface area contributed by atoms with E-state index in [1.807, 2.05) is 20.8 Å². The van der Waals surface area contributed by atoms with Gasteiger partial charge in [-0.25, -0.2) is 4.98 Å². The largest absolute Gasteiger partial charge is 0.384 e. The molecular formula is C13H20ClN3O2. The fourth-order valence-electron chi connectivity index (χ4n) is 1.52. The van der Waals surface area contributed by atoms with E-state index in [1.165, 1.54) is 12.3 Å². The van der Waals surface area contributed by atoms with Gasteiger partial charge in [0.15, 0.2) is 0 Å². The highest BCUT2D eigenvalue weighted by atomic mass is 35.5. The third kappa shape index (κ3) is 4.69. The first-order valence-electron chi connectivity index (χ1n) is 6.25. The second-order valence-electron chi connectivity index (χ2n) is 4.57. The van der Waals surface area contributed by atoms with E-state index in [0.29, 0.717) is 18.8 Å². The van der Waals surface area contributed by atoms with Gasteiger partial charge in [-0.2, -0.15) is 0 Å². The molecule has 6 heteroatoms. The van der Waals surface area contributed by atoms with Crippen molar-refractivity contribution in [3.05, 3.63) is 22.8 Å². The number of halogens is 1. The fourth-order valence-corrected chi connectivity index (χ4v) is 1.71. The molecule has 0 aromatic carbocycles. The SMILES string of the molecule is CCOCC(NC(=O)c1cc(N)ncc1Cl)C(C)C. The summed E-state index contributed by atoms with van der Waals surface area (Å²) in [7, 11) is 0. The molecule has 1 unspecified atom stereocenters. The van der Waals surface area contributed by atoms with Gasteiger partial charge in [-0.1, -0.05) is 25.4 Å². The molecular weight excluding hydrogens is 266 g/mol. The van der Waals surface area contributed by atoms with Crippen LogP contribution in [-0.4, -0.2) is 30.1 Å². The third-order valence-corrected chi connectivity index (χ3v) is 3.05. The Kier molecular flexibility index (Phi) is 6.05. The summed E-state index contributed by atoms with van der Waals surface area (Å²) in [6.07, 6.45) is 1.37. The lowest BCUT2D eigenvalue weighted by atomic mass is 10.0. The molecule has 5 nitrogen and oxygen atoms in total. The van der Waals surface area contributed by atoms with Gasteiger partial charge in [-0.15, -0.1) is 0 Å². The van der Waals surface area contributed by atoms with E-state index in [9.17, 15) is 4.79 Å². The Hall–Kier alpha value is -1.33. The number of hydrogen-bond acceptors (Lipinski definition) is 4. The number of nitrogen functional groups attached to an aromatic ring is 1. The Bertz CT molecular complexity index is 438. The molecule has 106 valence electrons. The molecule has 0 saturated carbocycles. The number of pyridine rings is 1. The maximum atomic E-state index is 12.2. The summed E-state index contributed by atoms with van der Waals surface area (Å²) in [5.41, 5.74) is 5.89. The highest BCUT2D eigenvalue weighted by molar-refractivity contribution is 6.33. The molecule has 0 spiro atoms. The fraction of sp³-hybridized carbons (Fsp3) is 0.538. The number of aromatic nitrogens is 1. The van der Waals surface area contributed by atoms with Crippen molar-refractivity contribution in [3.8, 4) is 0 Å². The normalized spacial score (nSPS) is 12.5. The van der Waals surface area contributed by atoms with Crippen LogP contribution in [0.25, 0.3) is 0 Å². The number of rotatable bonds is 6. The van der Waals surface area contributed by atoms with Crippen molar-refractivity contribution in [2.45, 2.75) is 26.8 Å². The van der Waals surface area contributed by atoms with Crippen LogP contribution in [0.3, 0.4) is 0 Å². The average Bonchev–Trinajstić information content (AvgIpc) is 2.36. The molecule has 1 amide bonds. The molecule has 3 N–H and O–H groups in total. The second-order valence-corrected chi connectivity index (χ2v) is 4.98. The van der Waals surface area contributed by atoms with Crippen LogP contribution >= 0.6 is 11.6 Å². The number of nitrogens with zero attached hydrogens (tertiary/aromatic N) is 1. The molecule has 0 aliphatic heterocycles. The molecule has 0 radical (unpaired) electrons. The van der Waals surface area contributed by atoms with Crippen molar-refractivity contribution < 1.29 is 9.53 Å². The zero-order valence-electron chi connectivity index (χ0n) is 11.4. The first-order chi connectivity index (χ1) is 8.95. The van der Waals surface area contributed by atoms with E-state index in [2.05, 4.69) is 10.3 Å². The molecule has 0 aliphatic rings. The molecule has 19 heavy (non-hydrogen) atoms. The van der Waals surface area contributed by atoms with Crippen LogP contribution < -0.4 is 11.1 Å². The van der Waals surface area contributed by atoms with Gasteiger partial charge < -0.3 is 15.8 Å². The summed E-state index contributed by atoms with van der Waals surface area (Å²) in [6, 6.07) is 1.40. The van der Waals surface area contributed by atoms with E-state index in [-0.39, 0.29) is 28.7 Å². The second kappa shape index (κ2) is 7.31. The van der Waals surface area contributed by atoms with Crippen LogP contribution in [0.5, 0.6) is 0 Å². The Morgan fingerprint density at radius 3 is 2.84 bits per heavy atom. The summed E-state index contributed by atoms with van der Waals surface area (Å²) in [5.74, 6) is 0.256. The third-order valence-electron chi connectivity index (χ3n) is 2.74. The van der Waals surface area contributed by atoms with Crippen molar-refractivity contribution in [2.24, 2.45) is 5.92 Å². The van der Waals surface area contributed by atoms with E-state index in [0.717, 1.165) is 0 Å². The van der Waals surface area contributed by atoms with Crippen molar-refractivity contribution in [1.82, 2.24) is 10.3 Å². The summed E-state index contributed by atoms with van der Waals surface area (Å²) in [5, 5.41) is 3.19. The highest BCUT2D eigenvalue weighted by Gasteiger charge is 2.19. The lowest BCUT2D eigenvalue weighted by Crippen LogP contribution is -2.42. The minimum atomic E-state index is -0.266. The Morgan fingerprint density at radius 2 is 2.26 bits per heavy atom. The maximum absolute atomic E-state index is 12.2. The Balaban J connectivity index is 2.78. The monoisotopic (exact) mass is 285 g/mol. The van der Waals surface area contributed by atoms with Gasteiger partial charge in [0.05, 0.1) is 23.2 Å². The van der Waals surface area contributed by atoms with Gasteiger partial charge in [-0.3, -0.25) is 4.79 Å². The molecule has 1 heterocycles. The summed E-state index contributed by atoms with van der Waals surface area (Å²) in [6.45, 7) is 7.04. The summed E-state index contributed by atoms with van der Waals surface area (Å²) < 4.78 is 5.36. The predicted octanol–water partition coefficient (Wildman–Crippen LogP) is 2.11. The van der Waals surface area contributed by atoms with Gasteiger partial charge in [0.2, 0.25) is 0 Å². The van der Waals surface area contributed by atoms with Gasteiger partial charge in [0, 0.05) is 12.8 Å². The van der Waals surface area contributed by atoms with Crippen molar-refractivity contribution in [2.75, 3.05) is 18.9 Å². The number of nitrogens with one attached hydrogen (secondary N) is 1. The van der Waals surface area contributed by atoms with Crippen molar-refractivity contribution in [3.63, 3.8) is 0 Å². The first kappa shape index (κ1) is 15.7. The molecule has 1 rings (SSSR count). The predicted molar refractivity (Wildman–Crippen MR) is 76.2 cm³/mol. The topological polar surface area (TPSA) is 77.2 Å². The van der Waals surface area contributed by atoms with Gasteiger partial charge >= 0.3 is 0 Å². The number of amides is 1.